The summed E-state index contributed by atoms with van der Waals surface area (Å²) in [6, 6.07) is 0. The topological polar surface area (TPSA) is 38.0 Å². The number of hydrogen-bond donors (Lipinski definition) is 2. The molecule has 0 aromatic rings. The molecule has 0 amide bonds. The van der Waals surface area contributed by atoms with Crippen LogP contribution in [0.2, 0.25) is 0 Å². The van der Waals surface area contributed by atoms with Gasteiger partial charge in [-0.1, -0.05) is 20.8 Å². The van der Waals surface area contributed by atoms with Crippen molar-refractivity contribution in [1.82, 2.24) is 5.32 Å². The summed E-state index contributed by atoms with van der Waals surface area (Å²) in [7, 11) is 1.98. The maximum Gasteiger partial charge on any atom is 0.0140 e. The van der Waals surface area contributed by atoms with Crippen LogP contribution in [0.4, 0.5) is 0 Å². The van der Waals surface area contributed by atoms with Gasteiger partial charge in [0.25, 0.3) is 0 Å². The average Bonchev–Trinajstić information content (AvgIpc) is 2.07. The smallest absolute Gasteiger partial charge is 0.0140 e. The average molecular weight is 188 g/mol. The Morgan fingerprint density at radius 3 is 1.77 bits per heavy atom. The van der Waals surface area contributed by atoms with Crippen molar-refractivity contribution in [2.75, 3.05) is 7.05 Å². The zero-order valence-corrected chi connectivity index (χ0v) is 10.5. The normalized spacial score (nSPS) is 15.7. The summed E-state index contributed by atoms with van der Waals surface area (Å²) >= 11 is 0. The van der Waals surface area contributed by atoms with E-state index < -0.39 is 0 Å². The van der Waals surface area contributed by atoms with E-state index in [1.165, 1.54) is 0 Å². The molecule has 0 saturated heterocycles. The molecule has 82 valence electrons. The number of nitrogens with one attached hydrogen (secondary N) is 1. The fraction of sp³-hybridized carbons (Fsp3) is 1.00. The molecular weight excluding hydrogens is 160 g/mol. The van der Waals surface area contributed by atoms with Gasteiger partial charge in [0.2, 0.25) is 0 Å². The van der Waals surface area contributed by atoms with Crippen LogP contribution in [0, 0.1) is 0 Å². The predicted molar refractivity (Wildman–Crippen MR) is 62.0 cm³/mol. The van der Waals surface area contributed by atoms with E-state index in [2.05, 4.69) is 33.0 Å². The Kier molecular flexibility index (Phi) is 7.56. The summed E-state index contributed by atoms with van der Waals surface area (Å²) in [5, 5.41) is 3.25. The van der Waals surface area contributed by atoms with Crippen LogP contribution in [0.5, 0.6) is 0 Å². The molecule has 0 aliphatic rings. The van der Waals surface area contributed by atoms with Gasteiger partial charge in [0, 0.05) is 11.1 Å². The minimum absolute atomic E-state index is 0.0352. The zero-order chi connectivity index (χ0) is 11.1. The predicted octanol–water partition coefficient (Wildman–Crippen LogP) is 2.53. The summed E-state index contributed by atoms with van der Waals surface area (Å²) in [6.07, 6.45) is 2.03. The van der Waals surface area contributed by atoms with Gasteiger partial charge in [-0.05, 0) is 40.7 Å². The van der Waals surface area contributed by atoms with Crippen molar-refractivity contribution in [1.29, 1.82) is 0 Å². The molecule has 0 heterocycles. The first-order valence-corrected chi connectivity index (χ1v) is 5.31. The maximum atomic E-state index is 6.04. The molecule has 1 atom stereocenters. The summed E-state index contributed by atoms with van der Waals surface area (Å²) in [6.45, 7) is 12.6. The zero-order valence-electron chi connectivity index (χ0n) is 10.5. The van der Waals surface area contributed by atoms with Crippen molar-refractivity contribution in [2.45, 2.75) is 65.5 Å². The van der Waals surface area contributed by atoms with E-state index in [4.69, 9.17) is 5.73 Å². The lowest BCUT2D eigenvalue weighted by atomic mass is 9.85. The number of hydrogen-bond acceptors (Lipinski definition) is 2. The molecule has 2 heteroatoms. The largest absolute Gasteiger partial charge is 0.325 e. The third kappa shape index (κ3) is 8.26. The van der Waals surface area contributed by atoms with Gasteiger partial charge in [-0.2, -0.15) is 0 Å². The lowest BCUT2D eigenvalue weighted by molar-refractivity contribution is 0.284. The van der Waals surface area contributed by atoms with Crippen LogP contribution in [0.15, 0.2) is 0 Å². The van der Waals surface area contributed by atoms with Gasteiger partial charge in [0.1, 0.15) is 0 Å². The molecule has 0 bridgehead atoms. The Balaban J connectivity index is 0. The quantitative estimate of drug-likeness (QED) is 0.711. The SMILES string of the molecule is CC.CCC(C)(N)CC(C)(C)NC. The molecule has 0 fully saturated rings. The first-order chi connectivity index (χ1) is 5.83. The van der Waals surface area contributed by atoms with Gasteiger partial charge in [0.05, 0.1) is 0 Å². The van der Waals surface area contributed by atoms with Crippen LogP contribution in [-0.2, 0) is 0 Å². The highest BCUT2D eigenvalue weighted by Gasteiger charge is 2.25. The number of nitrogens with two attached hydrogens (primary N) is 1. The second-order valence-electron chi connectivity index (χ2n) is 4.32. The maximum absolute atomic E-state index is 6.04. The van der Waals surface area contributed by atoms with E-state index in [1.807, 2.05) is 20.9 Å². The monoisotopic (exact) mass is 188 g/mol. The fourth-order valence-corrected chi connectivity index (χ4v) is 1.22. The van der Waals surface area contributed by atoms with E-state index in [1.54, 1.807) is 0 Å². The molecule has 0 spiro atoms. The first-order valence-electron chi connectivity index (χ1n) is 5.31. The van der Waals surface area contributed by atoms with Crippen molar-refractivity contribution >= 4 is 0 Å². The van der Waals surface area contributed by atoms with Crippen LogP contribution < -0.4 is 11.1 Å². The molecule has 3 N–H and O–H groups in total. The van der Waals surface area contributed by atoms with E-state index in [-0.39, 0.29) is 11.1 Å². The van der Waals surface area contributed by atoms with E-state index in [0.717, 1.165) is 12.8 Å². The first kappa shape index (κ1) is 15.4. The second-order valence-corrected chi connectivity index (χ2v) is 4.32. The third-order valence-corrected chi connectivity index (χ3v) is 2.33. The summed E-state index contributed by atoms with van der Waals surface area (Å²) in [5.41, 5.74) is 6.15. The summed E-state index contributed by atoms with van der Waals surface area (Å²) in [5.74, 6) is 0. The molecule has 0 aromatic heterocycles. The van der Waals surface area contributed by atoms with Crippen molar-refractivity contribution in [3.63, 3.8) is 0 Å². The van der Waals surface area contributed by atoms with Crippen molar-refractivity contribution < 1.29 is 0 Å². The lowest BCUT2D eigenvalue weighted by Gasteiger charge is -2.33. The third-order valence-electron chi connectivity index (χ3n) is 2.33. The highest BCUT2D eigenvalue weighted by molar-refractivity contribution is 4.88. The van der Waals surface area contributed by atoms with Crippen molar-refractivity contribution in [3.05, 3.63) is 0 Å². The standard InChI is InChI=1S/C9H22N2.C2H6/c1-6-9(4,10)7-8(2,3)11-5;1-2/h11H,6-7,10H2,1-5H3;1-2H3. The van der Waals surface area contributed by atoms with Gasteiger partial charge < -0.3 is 11.1 Å². The fourth-order valence-electron chi connectivity index (χ4n) is 1.22. The molecule has 0 aliphatic carbocycles. The van der Waals surface area contributed by atoms with Crippen LogP contribution in [-0.4, -0.2) is 18.1 Å². The van der Waals surface area contributed by atoms with Gasteiger partial charge in [-0.3, -0.25) is 0 Å². The summed E-state index contributed by atoms with van der Waals surface area (Å²) in [4.78, 5) is 0. The Morgan fingerprint density at radius 2 is 1.54 bits per heavy atom. The van der Waals surface area contributed by atoms with Crippen molar-refractivity contribution in [3.8, 4) is 0 Å². The van der Waals surface area contributed by atoms with Crippen LogP contribution in [0.3, 0.4) is 0 Å². The molecular formula is C11H28N2. The molecule has 2 nitrogen and oxygen atoms in total. The van der Waals surface area contributed by atoms with Crippen LogP contribution >= 0.6 is 0 Å². The van der Waals surface area contributed by atoms with Gasteiger partial charge in [-0.25, -0.2) is 0 Å². The Bertz CT molecular complexity index is 103. The minimum Gasteiger partial charge on any atom is -0.325 e. The molecule has 0 saturated carbocycles. The lowest BCUT2D eigenvalue weighted by Crippen LogP contribution is -2.48. The van der Waals surface area contributed by atoms with E-state index in [9.17, 15) is 0 Å². The highest BCUT2D eigenvalue weighted by atomic mass is 14.9. The van der Waals surface area contributed by atoms with Crippen LogP contribution in [0.25, 0.3) is 0 Å². The molecule has 0 radical (unpaired) electrons. The van der Waals surface area contributed by atoms with Gasteiger partial charge in [0.15, 0.2) is 0 Å². The van der Waals surface area contributed by atoms with Crippen molar-refractivity contribution in [2.24, 2.45) is 5.73 Å². The molecule has 1 unspecified atom stereocenters. The molecule has 0 aliphatic heterocycles. The van der Waals surface area contributed by atoms with E-state index >= 15 is 0 Å². The second kappa shape index (κ2) is 6.39. The Hall–Kier alpha value is -0.0800. The Labute approximate surface area is 84.3 Å². The minimum atomic E-state index is -0.0352. The van der Waals surface area contributed by atoms with Gasteiger partial charge in [-0.15, -0.1) is 0 Å². The molecule has 13 heavy (non-hydrogen) atoms. The van der Waals surface area contributed by atoms with Gasteiger partial charge >= 0.3 is 0 Å². The molecule has 0 rings (SSSR count). The summed E-state index contributed by atoms with van der Waals surface area (Å²) < 4.78 is 0. The molecule has 0 aromatic carbocycles. The number of rotatable bonds is 4. The Morgan fingerprint density at radius 1 is 1.15 bits per heavy atom. The highest BCUT2D eigenvalue weighted by Crippen LogP contribution is 2.19. The van der Waals surface area contributed by atoms with E-state index in [0.29, 0.717) is 0 Å². The van der Waals surface area contributed by atoms with Crippen LogP contribution in [0.1, 0.15) is 54.4 Å².